The van der Waals surface area contributed by atoms with Crippen LogP contribution < -0.4 is 0 Å². The van der Waals surface area contributed by atoms with Crippen molar-refractivity contribution in [1.82, 2.24) is 4.67 Å². The third kappa shape index (κ3) is 9.68. The maximum atomic E-state index is 12.5. The lowest BCUT2D eigenvalue weighted by Gasteiger charge is -2.38. The Morgan fingerprint density at radius 1 is 1.18 bits per heavy atom. The first-order chi connectivity index (χ1) is 15.6. The van der Waals surface area contributed by atoms with Crippen LogP contribution in [0.2, 0.25) is 0 Å². The largest absolute Gasteiger partial charge is 0.375 e. The van der Waals surface area contributed by atoms with Gasteiger partial charge in [-0.1, -0.05) is 13.3 Å². The van der Waals surface area contributed by atoms with E-state index < -0.39 is 40.4 Å². The molecular formula is C21H39BN2O7P2. The van der Waals surface area contributed by atoms with Gasteiger partial charge >= 0.3 is 7.60 Å². The Kier molecular flexibility index (Phi) is 14.5. The fourth-order valence-corrected chi connectivity index (χ4v) is 5.85. The predicted octanol–water partition coefficient (Wildman–Crippen LogP) is 4.73. The molecule has 2 radical (unpaired) electrons. The number of nitriles is 1. The molecule has 1 saturated heterocycles. The van der Waals surface area contributed by atoms with Crippen molar-refractivity contribution in [3.8, 4) is 6.07 Å². The van der Waals surface area contributed by atoms with Crippen molar-refractivity contribution in [1.29, 1.82) is 5.26 Å². The van der Waals surface area contributed by atoms with Crippen LogP contribution in [0.3, 0.4) is 0 Å². The summed E-state index contributed by atoms with van der Waals surface area (Å²) in [6, 6.07) is 1.61. The number of rotatable bonds is 16. The highest BCUT2D eigenvalue weighted by Crippen LogP contribution is 2.51. The van der Waals surface area contributed by atoms with Crippen LogP contribution in [0.1, 0.15) is 53.9 Å². The molecule has 12 heteroatoms. The van der Waals surface area contributed by atoms with E-state index in [-0.39, 0.29) is 25.1 Å². The lowest BCUT2D eigenvalue weighted by Crippen LogP contribution is -2.40. The van der Waals surface area contributed by atoms with Crippen molar-refractivity contribution in [2.75, 3.05) is 27.4 Å². The van der Waals surface area contributed by atoms with Crippen LogP contribution in [0.25, 0.3) is 0 Å². The summed E-state index contributed by atoms with van der Waals surface area (Å²) in [4.78, 5) is 0. The van der Waals surface area contributed by atoms with Gasteiger partial charge in [0.1, 0.15) is 26.2 Å². The summed E-state index contributed by atoms with van der Waals surface area (Å²) in [5.41, 5.74) is 0. The summed E-state index contributed by atoms with van der Waals surface area (Å²) >= 11 is 0. The lowest BCUT2D eigenvalue weighted by atomic mass is 9.93. The van der Waals surface area contributed by atoms with E-state index in [9.17, 15) is 4.57 Å². The van der Waals surface area contributed by atoms with Gasteiger partial charge in [0.2, 0.25) is 0 Å². The molecule has 0 N–H and O–H groups in total. The minimum atomic E-state index is -3.40. The second-order valence-corrected chi connectivity index (χ2v) is 11.6. The Bertz CT molecular complexity index is 661. The predicted molar refractivity (Wildman–Crippen MR) is 130 cm³/mol. The first-order valence-corrected chi connectivity index (χ1v) is 14.1. The maximum absolute atomic E-state index is 12.5. The van der Waals surface area contributed by atoms with Crippen molar-refractivity contribution in [3.05, 3.63) is 11.9 Å². The molecule has 1 aliphatic heterocycles. The highest BCUT2D eigenvalue weighted by molar-refractivity contribution is 7.57. The average molecular weight is 504 g/mol. The minimum absolute atomic E-state index is 0.129. The molecule has 1 heterocycles. The summed E-state index contributed by atoms with van der Waals surface area (Å²) in [5, 5.41) is 8.96. The van der Waals surface area contributed by atoms with E-state index >= 15 is 0 Å². The van der Waals surface area contributed by atoms with Gasteiger partial charge < -0.3 is 27.6 Å². The summed E-state index contributed by atoms with van der Waals surface area (Å²) < 4.78 is 49.1. The molecule has 5 atom stereocenters. The Balaban J connectivity index is 3.24. The molecule has 1 aliphatic rings. The van der Waals surface area contributed by atoms with Gasteiger partial charge in [0.05, 0.1) is 19.1 Å². The zero-order chi connectivity index (χ0) is 25.0. The first-order valence-electron chi connectivity index (χ1n) is 11.3. The topological polar surface area (TPSA) is 99.5 Å². The van der Waals surface area contributed by atoms with Crippen molar-refractivity contribution >= 4 is 24.0 Å². The highest BCUT2D eigenvalue weighted by Gasteiger charge is 2.46. The Labute approximate surface area is 202 Å². The van der Waals surface area contributed by atoms with Gasteiger partial charge in [-0.3, -0.25) is 4.57 Å². The van der Waals surface area contributed by atoms with Crippen molar-refractivity contribution in [2.24, 2.45) is 0 Å². The normalized spacial score (nSPS) is 24.9. The summed E-state index contributed by atoms with van der Waals surface area (Å²) in [6.07, 6.45) is 1.84. The molecule has 9 nitrogen and oxygen atoms in total. The van der Waals surface area contributed by atoms with Gasteiger partial charge in [0.25, 0.3) is 8.53 Å². The molecule has 0 saturated carbocycles. The smallest absolute Gasteiger partial charge is 0.353 e. The van der Waals surface area contributed by atoms with Crippen LogP contribution in [0.5, 0.6) is 0 Å². The van der Waals surface area contributed by atoms with Crippen molar-refractivity contribution in [2.45, 2.75) is 90.3 Å². The zero-order valence-electron chi connectivity index (χ0n) is 20.9. The molecule has 0 amide bonds. The number of ether oxygens (including phenoxy) is 2. The number of hydrogen-bond acceptors (Lipinski definition) is 9. The minimum Gasteiger partial charge on any atom is -0.375 e. The molecule has 1 unspecified atom stereocenters. The van der Waals surface area contributed by atoms with Gasteiger partial charge in [0, 0.05) is 44.7 Å². The third-order valence-corrected chi connectivity index (χ3v) is 8.62. The van der Waals surface area contributed by atoms with Crippen molar-refractivity contribution < 1.29 is 32.1 Å². The number of hydrogen-bond donors (Lipinski definition) is 0. The quantitative estimate of drug-likeness (QED) is 0.168. The first kappa shape index (κ1) is 30.7. The molecule has 0 aromatic heterocycles. The average Bonchev–Trinajstić information content (AvgIpc) is 3.06. The molecule has 0 spiro atoms. The van der Waals surface area contributed by atoms with Crippen LogP contribution in [-0.4, -0.2) is 76.3 Å². The molecule has 1 fully saturated rings. The fourth-order valence-electron chi connectivity index (χ4n) is 3.32. The summed E-state index contributed by atoms with van der Waals surface area (Å²) in [5.74, 6) is 1.34. The second kappa shape index (κ2) is 15.6. The van der Waals surface area contributed by atoms with E-state index in [1.54, 1.807) is 6.08 Å². The van der Waals surface area contributed by atoms with Crippen molar-refractivity contribution in [3.63, 3.8) is 0 Å². The van der Waals surface area contributed by atoms with Gasteiger partial charge in [0.15, 0.2) is 0 Å². The van der Waals surface area contributed by atoms with Crippen LogP contribution in [0, 0.1) is 11.3 Å². The Hall–Kier alpha value is -0.325. The maximum Gasteiger partial charge on any atom is 0.353 e. The van der Waals surface area contributed by atoms with Gasteiger partial charge in [-0.25, -0.2) is 4.67 Å². The van der Waals surface area contributed by atoms with Crippen LogP contribution in [0.4, 0.5) is 0 Å². The fraction of sp³-hybridized carbons (Fsp3) is 0.857. The summed E-state index contributed by atoms with van der Waals surface area (Å²) in [6.45, 7) is 11.1. The second-order valence-electron chi connectivity index (χ2n) is 8.12. The van der Waals surface area contributed by atoms with Crippen LogP contribution in [0.15, 0.2) is 11.9 Å². The number of nitrogens with zero attached hydrogens (tertiary/aromatic N) is 2. The molecular weight excluding hydrogens is 465 g/mol. The van der Waals surface area contributed by atoms with Gasteiger partial charge in [-0.2, -0.15) is 5.26 Å². The zero-order valence-corrected chi connectivity index (χ0v) is 22.7. The third-order valence-electron chi connectivity index (χ3n) is 4.94. The van der Waals surface area contributed by atoms with E-state index in [2.05, 4.69) is 45.4 Å². The molecule has 0 aromatic rings. The van der Waals surface area contributed by atoms with Gasteiger partial charge in [-0.05, 0) is 40.2 Å². The lowest BCUT2D eigenvalue weighted by molar-refractivity contribution is -0.0165. The van der Waals surface area contributed by atoms with E-state index in [1.807, 2.05) is 0 Å². The Morgan fingerprint density at radius 3 is 2.33 bits per heavy atom. The molecule has 0 aliphatic carbocycles. The molecule has 0 bridgehead atoms. The molecule has 33 heavy (non-hydrogen) atoms. The highest BCUT2D eigenvalue weighted by atomic mass is 31.2. The van der Waals surface area contributed by atoms with Crippen LogP contribution >= 0.6 is 16.1 Å². The van der Waals surface area contributed by atoms with E-state index in [4.69, 9.17) is 40.7 Å². The standard InChI is InChI=1S/C21H39BN2O7P2/c1-8-9-13-28-20-19(18(30-21(20)22)11-15-33(25,26-6)27-7)31-32(29-14-10-12-23)24(16(2)3)17(4)5/h11,15-21H,8-10,13-14H2,1-7H3/b15-11+/t18-,19-,20-,21-,32?/m1/s1. The monoisotopic (exact) mass is 504 g/mol. The van der Waals surface area contributed by atoms with E-state index in [0.717, 1.165) is 12.8 Å². The summed E-state index contributed by atoms with van der Waals surface area (Å²) in [7, 11) is 3.92. The van der Waals surface area contributed by atoms with E-state index in [1.165, 1.54) is 20.0 Å². The molecule has 188 valence electrons. The SMILES string of the molecule is [B][C@@H]1O[C@H](/C=C/P(=O)(OC)OC)[C@@H](OP(OCCC#N)N(C(C)C)C(C)C)[C@H]1OCCCC. The molecule has 1 rings (SSSR count). The van der Waals surface area contributed by atoms with E-state index in [0.29, 0.717) is 6.61 Å². The molecule has 0 aromatic carbocycles. The number of unbranched alkanes of at least 4 members (excludes halogenated alkanes) is 1. The van der Waals surface area contributed by atoms with Gasteiger partial charge in [-0.15, -0.1) is 0 Å². The Morgan fingerprint density at radius 2 is 1.82 bits per heavy atom. The van der Waals surface area contributed by atoms with Crippen LogP contribution in [-0.2, 0) is 32.1 Å².